The van der Waals surface area contributed by atoms with E-state index >= 15 is 0 Å². The molecule has 2 rings (SSSR count). The summed E-state index contributed by atoms with van der Waals surface area (Å²) in [6, 6.07) is 10.4. The third-order valence-electron chi connectivity index (χ3n) is 2.89. The van der Waals surface area contributed by atoms with Crippen LogP contribution in [0.5, 0.6) is 0 Å². The van der Waals surface area contributed by atoms with Gasteiger partial charge in [0.25, 0.3) is 0 Å². The van der Waals surface area contributed by atoms with Gasteiger partial charge in [0.05, 0.1) is 0 Å². The number of hydrogen-bond acceptors (Lipinski definition) is 4. The maximum Gasteiger partial charge on any atom is 0.138 e. The molecule has 0 saturated heterocycles. The highest BCUT2D eigenvalue weighted by molar-refractivity contribution is 7.99. The van der Waals surface area contributed by atoms with Gasteiger partial charge >= 0.3 is 0 Å². The van der Waals surface area contributed by atoms with Gasteiger partial charge in [-0.15, -0.1) is 11.8 Å². The SMILES string of the molecule is CC(C)Cn1ncnc1CC(N)CSc1ccccc1. The Bertz CT molecular complexity index is 510. The van der Waals surface area contributed by atoms with E-state index in [4.69, 9.17) is 5.73 Å². The monoisotopic (exact) mass is 290 g/mol. The Labute approximate surface area is 124 Å². The first-order valence-electron chi connectivity index (χ1n) is 6.95. The van der Waals surface area contributed by atoms with Crippen molar-refractivity contribution in [3.05, 3.63) is 42.5 Å². The molecule has 1 unspecified atom stereocenters. The number of nitrogens with two attached hydrogens (primary N) is 1. The number of rotatable bonds is 7. The van der Waals surface area contributed by atoms with Crippen LogP contribution in [-0.4, -0.2) is 26.6 Å². The average molecular weight is 290 g/mol. The molecule has 20 heavy (non-hydrogen) atoms. The Morgan fingerprint density at radius 1 is 1.25 bits per heavy atom. The van der Waals surface area contributed by atoms with Gasteiger partial charge in [0, 0.05) is 29.7 Å². The van der Waals surface area contributed by atoms with Crippen molar-refractivity contribution in [1.29, 1.82) is 0 Å². The zero-order valence-corrected chi connectivity index (χ0v) is 12.9. The molecule has 1 aromatic heterocycles. The second-order valence-corrected chi connectivity index (χ2v) is 6.43. The van der Waals surface area contributed by atoms with Gasteiger partial charge in [-0.1, -0.05) is 32.0 Å². The van der Waals surface area contributed by atoms with Crippen LogP contribution in [0.1, 0.15) is 19.7 Å². The summed E-state index contributed by atoms with van der Waals surface area (Å²) in [7, 11) is 0. The standard InChI is InChI=1S/C15H22N4S/c1-12(2)9-19-15(17-11-18-19)8-13(16)10-20-14-6-4-3-5-7-14/h3-7,11-13H,8-10,16H2,1-2H3. The van der Waals surface area contributed by atoms with Gasteiger partial charge in [-0.2, -0.15) is 5.10 Å². The zero-order chi connectivity index (χ0) is 14.4. The van der Waals surface area contributed by atoms with Gasteiger partial charge in [0.2, 0.25) is 0 Å². The number of nitrogens with zero attached hydrogens (tertiary/aromatic N) is 3. The molecular weight excluding hydrogens is 268 g/mol. The summed E-state index contributed by atoms with van der Waals surface area (Å²) in [5, 5.41) is 4.27. The first-order chi connectivity index (χ1) is 9.65. The number of benzene rings is 1. The van der Waals surface area contributed by atoms with Crippen molar-refractivity contribution in [2.24, 2.45) is 11.7 Å². The Hall–Kier alpha value is -1.33. The quantitative estimate of drug-likeness (QED) is 0.796. The van der Waals surface area contributed by atoms with Crippen molar-refractivity contribution in [1.82, 2.24) is 14.8 Å². The second kappa shape index (κ2) is 7.45. The van der Waals surface area contributed by atoms with E-state index in [1.165, 1.54) is 4.90 Å². The minimum atomic E-state index is 0.0929. The molecule has 0 spiro atoms. The zero-order valence-electron chi connectivity index (χ0n) is 12.1. The molecule has 0 aliphatic heterocycles. The Morgan fingerprint density at radius 3 is 2.70 bits per heavy atom. The normalized spacial score (nSPS) is 12.8. The van der Waals surface area contributed by atoms with Crippen LogP contribution in [0.2, 0.25) is 0 Å². The minimum absolute atomic E-state index is 0.0929. The summed E-state index contributed by atoms with van der Waals surface area (Å²) in [5.74, 6) is 2.43. The molecule has 0 bridgehead atoms. The molecule has 1 aromatic carbocycles. The molecule has 5 heteroatoms. The summed E-state index contributed by atoms with van der Waals surface area (Å²) in [6.07, 6.45) is 2.39. The fourth-order valence-corrected chi connectivity index (χ4v) is 2.83. The van der Waals surface area contributed by atoms with Crippen LogP contribution in [0.25, 0.3) is 0 Å². The molecule has 2 aromatic rings. The first kappa shape index (κ1) is 15.1. The van der Waals surface area contributed by atoms with Crippen LogP contribution in [0, 0.1) is 5.92 Å². The van der Waals surface area contributed by atoms with Crippen molar-refractivity contribution in [2.75, 3.05) is 5.75 Å². The van der Waals surface area contributed by atoms with Gasteiger partial charge in [0.15, 0.2) is 0 Å². The summed E-state index contributed by atoms with van der Waals surface area (Å²) in [6.45, 7) is 5.25. The van der Waals surface area contributed by atoms with Crippen molar-refractivity contribution in [2.45, 2.75) is 37.8 Å². The van der Waals surface area contributed by atoms with Gasteiger partial charge in [-0.25, -0.2) is 9.67 Å². The van der Waals surface area contributed by atoms with Crippen LogP contribution < -0.4 is 5.73 Å². The van der Waals surface area contributed by atoms with Crippen molar-refractivity contribution in [3.8, 4) is 0 Å². The summed E-state index contributed by atoms with van der Waals surface area (Å²) in [4.78, 5) is 5.58. The van der Waals surface area contributed by atoms with E-state index in [9.17, 15) is 0 Å². The number of aromatic nitrogens is 3. The third kappa shape index (κ3) is 4.65. The summed E-state index contributed by atoms with van der Waals surface area (Å²) >= 11 is 1.79. The lowest BCUT2D eigenvalue weighted by Crippen LogP contribution is -2.27. The van der Waals surface area contributed by atoms with Crippen molar-refractivity contribution >= 4 is 11.8 Å². The lowest BCUT2D eigenvalue weighted by atomic mass is 10.2. The minimum Gasteiger partial charge on any atom is -0.327 e. The van der Waals surface area contributed by atoms with Gasteiger partial charge in [0.1, 0.15) is 12.2 Å². The summed E-state index contributed by atoms with van der Waals surface area (Å²) < 4.78 is 1.97. The molecule has 0 radical (unpaired) electrons. The largest absolute Gasteiger partial charge is 0.327 e. The molecule has 4 nitrogen and oxygen atoms in total. The van der Waals surface area contributed by atoms with Gasteiger partial charge in [-0.3, -0.25) is 0 Å². The number of thioether (sulfide) groups is 1. The van der Waals surface area contributed by atoms with E-state index in [0.717, 1.165) is 24.5 Å². The van der Waals surface area contributed by atoms with Crippen LogP contribution in [-0.2, 0) is 13.0 Å². The smallest absolute Gasteiger partial charge is 0.138 e. The van der Waals surface area contributed by atoms with E-state index in [0.29, 0.717) is 5.92 Å². The lowest BCUT2D eigenvalue weighted by molar-refractivity contribution is 0.461. The highest BCUT2D eigenvalue weighted by Gasteiger charge is 2.11. The van der Waals surface area contributed by atoms with E-state index in [1.807, 2.05) is 22.9 Å². The molecule has 0 fully saturated rings. The Morgan fingerprint density at radius 2 is 2.00 bits per heavy atom. The first-order valence-corrected chi connectivity index (χ1v) is 7.94. The van der Waals surface area contributed by atoms with E-state index in [2.05, 4.69) is 36.1 Å². The fourth-order valence-electron chi connectivity index (χ4n) is 1.96. The highest BCUT2D eigenvalue weighted by atomic mass is 32.2. The topological polar surface area (TPSA) is 56.7 Å². The predicted octanol–water partition coefficient (Wildman–Crippen LogP) is 2.60. The molecule has 1 atom stereocenters. The summed E-state index contributed by atoms with van der Waals surface area (Å²) in [5.41, 5.74) is 6.21. The van der Waals surface area contributed by atoms with E-state index < -0.39 is 0 Å². The van der Waals surface area contributed by atoms with E-state index in [1.54, 1.807) is 18.1 Å². The highest BCUT2D eigenvalue weighted by Crippen LogP contribution is 2.18. The van der Waals surface area contributed by atoms with Crippen molar-refractivity contribution in [3.63, 3.8) is 0 Å². The molecule has 0 aliphatic carbocycles. The molecule has 0 aliphatic rings. The fraction of sp³-hybridized carbons (Fsp3) is 0.467. The van der Waals surface area contributed by atoms with Gasteiger partial charge < -0.3 is 5.73 Å². The Kier molecular flexibility index (Phi) is 5.61. The van der Waals surface area contributed by atoms with Crippen LogP contribution in [0.15, 0.2) is 41.6 Å². The molecule has 0 amide bonds. The van der Waals surface area contributed by atoms with Crippen LogP contribution in [0.3, 0.4) is 0 Å². The maximum atomic E-state index is 6.21. The molecular formula is C15H22N4S. The van der Waals surface area contributed by atoms with Crippen molar-refractivity contribution < 1.29 is 0 Å². The maximum absolute atomic E-state index is 6.21. The predicted molar refractivity (Wildman–Crippen MR) is 83.7 cm³/mol. The van der Waals surface area contributed by atoms with E-state index in [-0.39, 0.29) is 6.04 Å². The molecule has 108 valence electrons. The average Bonchev–Trinajstić information content (AvgIpc) is 2.84. The lowest BCUT2D eigenvalue weighted by Gasteiger charge is -2.13. The van der Waals surface area contributed by atoms with Crippen LogP contribution in [0.4, 0.5) is 0 Å². The second-order valence-electron chi connectivity index (χ2n) is 5.34. The Balaban J connectivity index is 1.85. The number of hydrogen-bond donors (Lipinski definition) is 1. The molecule has 1 heterocycles. The van der Waals surface area contributed by atoms with Crippen LogP contribution >= 0.6 is 11.8 Å². The molecule has 2 N–H and O–H groups in total. The third-order valence-corrected chi connectivity index (χ3v) is 4.09. The van der Waals surface area contributed by atoms with Gasteiger partial charge in [-0.05, 0) is 18.1 Å². The molecule has 0 saturated carbocycles.